The molecule has 20 heavy (non-hydrogen) atoms. The highest BCUT2D eigenvalue weighted by Gasteiger charge is 2.28. The number of aryl methyl sites for hydroxylation is 2. The Balaban J connectivity index is 2.23. The van der Waals surface area contributed by atoms with Crippen LogP contribution in [0.25, 0.3) is 0 Å². The summed E-state index contributed by atoms with van der Waals surface area (Å²) in [5, 5.41) is 4.64. The van der Waals surface area contributed by atoms with Crippen molar-refractivity contribution in [3.8, 4) is 0 Å². The molecular formula is C15H24BrN3O. The second kappa shape index (κ2) is 6.85. The molecule has 0 N–H and O–H groups in total. The maximum atomic E-state index is 11.8. The number of aromatic nitrogens is 2. The van der Waals surface area contributed by atoms with Crippen LogP contribution in [0.15, 0.2) is 4.47 Å². The summed E-state index contributed by atoms with van der Waals surface area (Å²) < 4.78 is 3.18. The number of carbonyl (C=O) groups is 1. The van der Waals surface area contributed by atoms with E-state index in [-0.39, 0.29) is 6.04 Å². The minimum atomic E-state index is 0.0842. The van der Waals surface area contributed by atoms with Crippen LogP contribution >= 0.6 is 15.9 Å². The molecule has 0 radical (unpaired) electrons. The summed E-state index contributed by atoms with van der Waals surface area (Å²) in [6.45, 7) is 8.63. The molecule has 1 aliphatic rings. The number of halogens is 1. The smallest absolute Gasteiger partial charge is 0.146 e. The van der Waals surface area contributed by atoms with Crippen LogP contribution in [0.1, 0.15) is 51.4 Å². The van der Waals surface area contributed by atoms with E-state index in [0.29, 0.717) is 5.78 Å². The van der Waals surface area contributed by atoms with E-state index in [9.17, 15) is 4.79 Å². The quantitative estimate of drug-likeness (QED) is 0.825. The van der Waals surface area contributed by atoms with Crippen molar-refractivity contribution in [2.45, 2.75) is 65.6 Å². The van der Waals surface area contributed by atoms with E-state index >= 15 is 0 Å². The molecular weight excluding hydrogens is 318 g/mol. The third-order valence-electron chi connectivity index (χ3n) is 4.13. The van der Waals surface area contributed by atoms with E-state index in [4.69, 9.17) is 0 Å². The van der Waals surface area contributed by atoms with Crippen molar-refractivity contribution >= 4 is 21.7 Å². The highest BCUT2D eigenvalue weighted by Crippen LogP contribution is 2.27. The molecule has 1 fully saturated rings. The van der Waals surface area contributed by atoms with Gasteiger partial charge in [-0.25, -0.2) is 0 Å². The lowest BCUT2D eigenvalue weighted by Crippen LogP contribution is -2.43. The lowest BCUT2D eigenvalue weighted by molar-refractivity contribution is -0.123. The third kappa shape index (κ3) is 3.14. The average Bonchev–Trinajstić information content (AvgIpc) is 2.75. The first-order valence-electron chi connectivity index (χ1n) is 7.57. The van der Waals surface area contributed by atoms with Gasteiger partial charge in [-0.1, -0.05) is 13.3 Å². The average molecular weight is 342 g/mol. The van der Waals surface area contributed by atoms with Crippen LogP contribution in [0.3, 0.4) is 0 Å². The fourth-order valence-corrected chi connectivity index (χ4v) is 3.69. The molecule has 0 spiro atoms. The minimum absolute atomic E-state index is 0.0842. The van der Waals surface area contributed by atoms with Gasteiger partial charge in [0.25, 0.3) is 0 Å². The molecule has 0 bridgehead atoms. The zero-order valence-electron chi connectivity index (χ0n) is 12.7. The molecule has 0 aliphatic carbocycles. The maximum absolute atomic E-state index is 11.8. The van der Waals surface area contributed by atoms with Crippen LogP contribution < -0.4 is 0 Å². The lowest BCUT2D eigenvalue weighted by Gasteiger charge is -2.34. The van der Waals surface area contributed by atoms with Crippen LogP contribution in [0.4, 0.5) is 0 Å². The molecule has 1 unspecified atom stereocenters. The number of carbonyl (C=O) groups excluding carboxylic acids is 1. The van der Waals surface area contributed by atoms with Crippen molar-refractivity contribution in [1.29, 1.82) is 0 Å². The molecule has 1 atom stereocenters. The van der Waals surface area contributed by atoms with E-state index in [1.165, 1.54) is 12.1 Å². The van der Waals surface area contributed by atoms with Gasteiger partial charge in [-0.05, 0) is 55.6 Å². The Bertz CT molecular complexity index is 484. The number of piperidine rings is 1. The van der Waals surface area contributed by atoms with Crippen LogP contribution in [-0.2, 0) is 24.3 Å². The molecule has 2 heterocycles. The molecule has 4 nitrogen and oxygen atoms in total. The van der Waals surface area contributed by atoms with E-state index in [2.05, 4.69) is 44.5 Å². The first kappa shape index (κ1) is 15.7. The van der Waals surface area contributed by atoms with Gasteiger partial charge in [0.05, 0.1) is 21.9 Å². The molecule has 0 aromatic carbocycles. The first-order valence-corrected chi connectivity index (χ1v) is 8.36. The molecule has 1 aromatic rings. The molecule has 1 aromatic heterocycles. The van der Waals surface area contributed by atoms with Crippen molar-refractivity contribution in [3.63, 3.8) is 0 Å². The number of ketones is 1. The molecule has 112 valence electrons. The van der Waals surface area contributed by atoms with Gasteiger partial charge in [0.1, 0.15) is 5.78 Å². The minimum Gasteiger partial charge on any atom is -0.298 e. The number of likely N-dealkylation sites (tertiary alicyclic amines) is 1. The number of hydrogen-bond donors (Lipinski definition) is 0. The van der Waals surface area contributed by atoms with Gasteiger partial charge < -0.3 is 0 Å². The second-order valence-electron chi connectivity index (χ2n) is 5.47. The Labute approximate surface area is 129 Å². The molecule has 5 heteroatoms. The predicted octanol–water partition coefficient (Wildman–Crippen LogP) is 3.17. The third-order valence-corrected chi connectivity index (χ3v) is 5.05. The summed E-state index contributed by atoms with van der Waals surface area (Å²) >= 11 is 3.69. The zero-order chi connectivity index (χ0) is 14.7. The Kier molecular flexibility index (Phi) is 5.38. The maximum Gasteiger partial charge on any atom is 0.146 e. The van der Waals surface area contributed by atoms with Gasteiger partial charge in [-0.2, -0.15) is 5.10 Å². The first-order chi connectivity index (χ1) is 9.58. The summed E-state index contributed by atoms with van der Waals surface area (Å²) in [7, 11) is 0. The van der Waals surface area contributed by atoms with Gasteiger partial charge in [0.2, 0.25) is 0 Å². The fourth-order valence-electron chi connectivity index (χ4n) is 3.00. The molecule has 1 saturated heterocycles. The highest BCUT2D eigenvalue weighted by atomic mass is 79.9. The van der Waals surface area contributed by atoms with Crippen LogP contribution in [-0.4, -0.2) is 33.1 Å². The van der Waals surface area contributed by atoms with Gasteiger partial charge >= 0.3 is 0 Å². The van der Waals surface area contributed by atoms with Crippen LogP contribution in [0.2, 0.25) is 0 Å². The largest absolute Gasteiger partial charge is 0.298 e. The van der Waals surface area contributed by atoms with Crippen molar-refractivity contribution < 1.29 is 4.79 Å². The Morgan fingerprint density at radius 3 is 2.75 bits per heavy atom. The number of rotatable bonds is 5. The SMILES string of the molecule is CCc1nn(CC)c(CN2CCCCC2C(C)=O)c1Br. The van der Waals surface area contributed by atoms with E-state index in [1.54, 1.807) is 6.92 Å². The van der Waals surface area contributed by atoms with Crippen molar-refractivity contribution in [3.05, 3.63) is 15.9 Å². The summed E-state index contributed by atoms with van der Waals surface area (Å²) in [5.41, 5.74) is 2.32. The summed E-state index contributed by atoms with van der Waals surface area (Å²) in [6, 6.07) is 0.0842. The number of nitrogens with zero attached hydrogens (tertiary/aromatic N) is 3. The zero-order valence-corrected chi connectivity index (χ0v) is 14.2. The van der Waals surface area contributed by atoms with Crippen molar-refractivity contribution in [1.82, 2.24) is 14.7 Å². The highest BCUT2D eigenvalue weighted by molar-refractivity contribution is 9.10. The summed E-state index contributed by atoms with van der Waals surface area (Å²) in [5.74, 6) is 0.291. The molecule has 0 saturated carbocycles. The molecule has 0 amide bonds. The topological polar surface area (TPSA) is 38.1 Å². The number of Topliss-reactive ketones (excluding diaryl/α,β-unsaturated/α-hetero) is 1. The van der Waals surface area contributed by atoms with E-state index in [0.717, 1.165) is 49.1 Å². The summed E-state index contributed by atoms with van der Waals surface area (Å²) in [6.07, 6.45) is 4.27. The monoisotopic (exact) mass is 341 g/mol. The fraction of sp³-hybridized carbons (Fsp3) is 0.733. The van der Waals surface area contributed by atoms with Gasteiger partial charge in [0, 0.05) is 13.1 Å². The van der Waals surface area contributed by atoms with Crippen molar-refractivity contribution in [2.75, 3.05) is 6.54 Å². The normalized spacial score (nSPS) is 20.3. The van der Waals surface area contributed by atoms with Gasteiger partial charge in [-0.15, -0.1) is 0 Å². The van der Waals surface area contributed by atoms with Gasteiger partial charge in [0.15, 0.2) is 0 Å². The standard InChI is InChI=1S/C15H24BrN3O/c1-4-12-15(16)14(19(5-2)17-12)10-18-9-7-6-8-13(18)11(3)20/h13H,4-10H2,1-3H3. The predicted molar refractivity (Wildman–Crippen MR) is 83.7 cm³/mol. The lowest BCUT2D eigenvalue weighted by atomic mass is 9.99. The van der Waals surface area contributed by atoms with Crippen LogP contribution in [0, 0.1) is 0 Å². The van der Waals surface area contributed by atoms with Crippen molar-refractivity contribution in [2.24, 2.45) is 0 Å². The molecule has 2 rings (SSSR count). The van der Waals surface area contributed by atoms with Crippen LogP contribution in [0.5, 0.6) is 0 Å². The van der Waals surface area contributed by atoms with E-state index in [1.807, 2.05) is 0 Å². The second-order valence-corrected chi connectivity index (χ2v) is 6.26. The Hall–Kier alpha value is -0.680. The Morgan fingerprint density at radius 2 is 2.15 bits per heavy atom. The summed E-state index contributed by atoms with van der Waals surface area (Å²) in [4.78, 5) is 14.1. The number of hydrogen-bond acceptors (Lipinski definition) is 3. The Morgan fingerprint density at radius 1 is 1.40 bits per heavy atom. The molecule has 1 aliphatic heterocycles. The van der Waals surface area contributed by atoms with E-state index < -0.39 is 0 Å². The van der Waals surface area contributed by atoms with Gasteiger partial charge in [-0.3, -0.25) is 14.4 Å².